The second-order valence-electron chi connectivity index (χ2n) is 5.24. The minimum absolute atomic E-state index is 0.269. The number of hydrogen-bond donors (Lipinski definition) is 3. The van der Waals surface area contributed by atoms with Crippen LogP contribution in [0, 0.1) is 0 Å². The summed E-state index contributed by atoms with van der Waals surface area (Å²) < 4.78 is 5.55. The fraction of sp³-hybridized carbons (Fsp3) is 0.278. The number of rotatable bonds is 8. The average Bonchev–Trinajstić information content (AvgIpc) is 2.64. The first kappa shape index (κ1) is 18.8. The van der Waals surface area contributed by atoms with E-state index in [1.165, 1.54) is 5.56 Å². The molecule has 7 heteroatoms. The van der Waals surface area contributed by atoms with Gasteiger partial charge in [0.1, 0.15) is 0 Å². The van der Waals surface area contributed by atoms with Crippen molar-refractivity contribution in [1.29, 1.82) is 0 Å². The number of nitrogens with one attached hydrogen (secondary N) is 2. The first-order valence-corrected chi connectivity index (χ1v) is 8.51. The van der Waals surface area contributed by atoms with Gasteiger partial charge in [0.15, 0.2) is 11.1 Å². The number of nitrogens with two attached hydrogens (primary N) is 1. The molecule has 0 aliphatic carbocycles. The quantitative estimate of drug-likeness (QED) is 0.288. The van der Waals surface area contributed by atoms with Crippen molar-refractivity contribution in [3.63, 3.8) is 0 Å². The van der Waals surface area contributed by atoms with Gasteiger partial charge in [0.25, 0.3) is 0 Å². The summed E-state index contributed by atoms with van der Waals surface area (Å²) in [6.07, 6.45) is 2.63. The second kappa shape index (κ2) is 11.1. The Balaban J connectivity index is 1.55. The Bertz CT molecular complexity index is 664. The van der Waals surface area contributed by atoms with Crippen molar-refractivity contribution in [2.45, 2.75) is 13.0 Å². The van der Waals surface area contributed by atoms with Gasteiger partial charge in [0.2, 0.25) is 0 Å². The molecule has 0 aliphatic rings. The summed E-state index contributed by atoms with van der Waals surface area (Å²) >= 11 is 5.16. The van der Waals surface area contributed by atoms with E-state index in [0.29, 0.717) is 31.4 Å². The SMILES string of the molecule is NC(=NCCOCCc1ccccc1)NC(=S)NCc1ccccn1. The molecule has 0 amide bonds. The molecule has 0 spiro atoms. The van der Waals surface area contributed by atoms with Crippen LogP contribution in [0.5, 0.6) is 0 Å². The molecule has 132 valence electrons. The van der Waals surface area contributed by atoms with E-state index in [2.05, 4.69) is 32.7 Å². The number of nitrogens with zero attached hydrogens (tertiary/aromatic N) is 2. The summed E-state index contributed by atoms with van der Waals surface area (Å²) in [4.78, 5) is 8.38. The van der Waals surface area contributed by atoms with E-state index < -0.39 is 0 Å². The van der Waals surface area contributed by atoms with E-state index in [0.717, 1.165) is 12.1 Å². The van der Waals surface area contributed by atoms with E-state index in [-0.39, 0.29) is 5.96 Å². The fourth-order valence-corrected chi connectivity index (χ4v) is 2.22. The molecule has 0 radical (unpaired) electrons. The molecular weight excluding hydrogens is 334 g/mol. The summed E-state index contributed by atoms with van der Waals surface area (Å²) in [6.45, 7) is 2.19. The number of hydrogen-bond acceptors (Lipinski definition) is 4. The number of aromatic nitrogens is 1. The van der Waals surface area contributed by atoms with Gasteiger partial charge in [-0.05, 0) is 36.3 Å². The third-order valence-electron chi connectivity index (χ3n) is 3.29. The third-order valence-corrected chi connectivity index (χ3v) is 3.54. The molecule has 0 bridgehead atoms. The Hall–Kier alpha value is -2.51. The van der Waals surface area contributed by atoms with Crippen molar-refractivity contribution in [2.24, 2.45) is 10.7 Å². The Morgan fingerprint density at radius 2 is 1.92 bits per heavy atom. The third kappa shape index (κ3) is 8.23. The van der Waals surface area contributed by atoms with Crippen LogP contribution < -0.4 is 16.4 Å². The highest BCUT2D eigenvalue weighted by molar-refractivity contribution is 7.80. The van der Waals surface area contributed by atoms with E-state index in [9.17, 15) is 0 Å². The minimum atomic E-state index is 0.269. The van der Waals surface area contributed by atoms with Crippen molar-refractivity contribution < 1.29 is 4.74 Å². The molecule has 0 aliphatic heterocycles. The normalized spacial score (nSPS) is 11.1. The number of guanidine groups is 1. The topological polar surface area (TPSA) is 84.6 Å². The van der Waals surface area contributed by atoms with Gasteiger partial charge in [-0.15, -0.1) is 0 Å². The van der Waals surface area contributed by atoms with E-state index >= 15 is 0 Å². The highest BCUT2D eigenvalue weighted by atomic mass is 32.1. The zero-order valence-electron chi connectivity index (χ0n) is 14.0. The molecule has 1 aromatic heterocycles. The molecule has 2 aromatic rings. The predicted molar refractivity (Wildman–Crippen MR) is 104 cm³/mol. The molecule has 0 unspecified atom stereocenters. The summed E-state index contributed by atoms with van der Waals surface area (Å²) in [5.74, 6) is 0.269. The van der Waals surface area contributed by atoms with Crippen LogP contribution in [-0.2, 0) is 17.7 Å². The van der Waals surface area contributed by atoms with Crippen molar-refractivity contribution >= 4 is 23.3 Å². The number of benzene rings is 1. The predicted octanol–water partition coefficient (Wildman–Crippen LogP) is 1.62. The van der Waals surface area contributed by atoms with Crippen LogP contribution in [0.15, 0.2) is 59.7 Å². The number of ether oxygens (including phenoxy) is 1. The second-order valence-corrected chi connectivity index (χ2v) is 5.65. The average molecular weight is 357 g/mol. The first-order chi connectivity index (χ1) is 12.2. The van der Waals surface area contributed by atoms with Crippen LogP contribution in [0.25, 0.3) is 0 Å². The fourth-order valence-electron chi connectivity index (χ4n) is 2.04. The smallest absolute Gasteiger partial charge is 0.194 e. The minimum Gasteiger partial charge on any atom is -0.379 e. The lowest BCUT2D eigenvalue weighted by Crippen LogP contribution is -2.43. The van der Waals surface area contributed by atoms with Gasteiger partial charge in [-0.1, -0.05) is 36.4 Å². The van der Waals surface area contributed by atoms with E-state index in [1.54, 1.807) is 6.20 Å². The van der Waals surface area contributed by atoms with Crippen molar-refractivity contribution in [1.82, 2.24) is 15.6 Å². The highest BCUT2D eigenvalue weighted by Gasteiger charge is 1.99. The maximum absolute atomic E-state index is 5.79. The van der Waals surface area contributed by atoms with Gasteiger partial charge in [-0.3, -0.25) is 9.98 Å². The van der Waals surface area contributed by atoms with Gasteiger partial charge in [-0.25, -0.2) is 0 Å². The van der Waals surface area contributed by atoms with Crippen LogP contribution in [0.2, 0.25) is 0 Å². The van der Waals surface area contributed by atoms with Crippen LogP contribution in [-0.4, -0.2) is 35.8 Å². The molecule has 0 fully saturated rings. The molecule has 0 atom stereocenters. The lowest BCUT2D eigenvalue weighted by Gasteiger charge is -2.09. The van der Waals surface area contributed by atoms with Gasteiger partial charge < -0.3 is 21.1 Å². The Kier molecular flexibility index (Phi) is 8.37. The van der Waals surface area contributed by atoms with E-state index in [4.69, 9.17) is 22.7 Å². The Labute approximate surface area is 153 Å². The summed E-state index contributed by atoms with van der Waals surface area (Å²) in [6, 6.07) is 15.9. The first-order valence-electron chi connectivity index (χ1n) is 8.10. The monoisotopic (exact) mass is 357 g/mol. The molecular formula is C18H23N5OS. The van der Waals surface area contributed by atoms with Gasteiger partial charge in [0, 0.05) is 6.20 Å². The molecule has 4 N–H and O–H groups in total. The maximum atomic E-state index is 5.79. The standard InChI is InChI=1S/C18H23N5OS/c19-17(23-18(25)22-14-16-8-4-5-10-20-16)21-11-13-24-12-9-15-6-2-1-3-7-15/h1-8,10H,9,11-14H2,(H4,19,21,22,23,25). The summed E-state index contributed by atoms with van der Waals surface area (Å²) in [5, 5.41) is 6.27. The molecule has 25 heavy (non-hydrogen) atoms. The molecule has 0 saturated heterocycles. The highest BCUT2D eigenvalue weighted by Crippen LogP contribution is 1.99. The molecule has 0 saturated carbocycles. The van der Waals surface area contributed by atoms with Crippen LogP contribution in [0.4, 0.5) is 0 Å². The van der Waals surface area contributed by atoms with E-state index in [1.807, 2.05) is 36.4 Å². The summed E-state index contributed by atoms with van der Waals surface area (Å²) in [7, 11) is 0. The number of thiocarbonyl (C=S) groups is 1. The van der Waals surface area contributed by atoms with Gasteiger partial charge in [-0.2, -0.15) is 0 Å². The maximum Gasteiger partial charge on any atom is 0.194 e. The molecule has 1 heterocycles. The molecule has 2 rings (SSSR count). The van der Waals surface area contributed by atoms with Crippen LogP contribution in [0.1, 0.15) is 11.3 Å². The van der Waals surface area contributed by atoms with Crippen molar-refractivity contribution in [3.8, 4) is 0 Å². The van der Waals surface area contributed by atoms with Crippen molar-refractivity contribution in [2.75, 3.05) is 19.8 Å². The molecule has 6 nitrogen and oxygen atoms in total. The lowest BCUT2D eigenvalue weighted by atomic mass is 10.2. The molecule has 1 aromatic carbocycles. The largest absolute Gasteiger partial charge is 0.379 e. The number of pyridine rings is 1. The van der Waals surface area contributed by atoms with Gasteiger partial charge >= 0.3 is 0 Å². The zero-order chi connectivity index (χ0) is 17.7. The summed E-state index contributed by atoms with van der Waals surface area (Å²) in [5.41, 5.74) is 7.95. The van der Waals surface area contributed by atoms with Gasteiger partial charge in [0.05, 0.1) is 32.0 Å². The Morgan fingerprint density at radius 1 is 1.12 bits per heavy atom. The Morgan fingerprint density at radius 3 is 2.68 bits per heavy atom. The lowest BCUT2D eigenvalue weighted by molar-refractivity contribution is 0.145. The van der Waals surface area contributed by atoms with Crippen LogP contribution in [0.3, 0.4) is 0 Å². The number of aliphatic imine (C=N–C) groups is 1. The van der Waals surface area contributed by atoms with Crippen LogP contribution >= 0.6 is 12.2 Å². The van der Waals surface area contributed by atoms with Crippen molar-refractivity contribution in [3.05, 3.63) is 66.0 Å². The zero-order valence-corrected chi connectivity index (χ0v) is 14.8.